The highest BCUT2D eigenvalue weighted by Crippen LogP contribution is 2.27. The molecule has 1 fully saturated rings. The van der Waals surface area contributed by atoms with Crippen LogP contribution >= 0.6 is 0 Å². The molecule has 0 spiro atoms. The van der Waals surface area contributed by atoms with E-state index in [9.17, 15) is 29.8 Å². The number of carbonyl (C=O) groups excluding carboxylic acids is 2. The Morgan fingerprint density at radius 2 is 1.07 bits per heavy atom. The SMILES string of the molecule is O=C(NC1(NC(=O)c2ccc([N+](=O)[O-])cc2)CCCCC1)c1ccc([N+](=O)[O-])cc1. The van der Waals surface area contributed by atoms with E-state index in [0.717, 1.165) is 19.3 Å². The second-order valence-electron chi connectivity index (χ2n) is 7.16. The summed E-state index contributed by atoms with van der Waals surface area (Å²) < 4.78 is 0. The molecule has 156 valence electrons. The highest BCUT2D eigenvalue weighted by molar-refractivity contribution is 5.97. The predicted octanol–water partition coefficient (Wildman–Crippen LogP) is 3.32. The minimum atomic E-state index is -0.962. The number of non-ortho nitro benzene ring substituents is 2. The van der Waals surface area contributed by atoms with Crippen LogP contribution in [0.5, 0.6) is 0 Å². The summed E-state index contributed by atoms with van der Waals surface area (Å²) in [4.78, 5) is 45.9. The molecule has 2 aromatic carbocycles. The van der Waals surface area contributed by atoms with Crippen molar-refractivity contribution in [3.05, 3.63) is 79.9 Å². The molecule has 1 aliphatic rings. The molecule has 10 heteroatoms. The van der Waals surface area contributed by atoms with Crippen LogP contribution in [0.2, 0.25) is 0 Å². The molecule has 0 atom stereocenters. The molecule has 1 saturated carbocycles. The largest absolute Gasteiger partial charge is 0.329 e. The zero-order valence-electron chi connectivity index (χ0n) is 16.0. The van der Waals surface area contributed by atoms with Crippen molar-refractivity contribution in [2.75, 3.05) is 0 Å². The van der Waals surface area contributed by atoms with Crippen molar-refractivity contribution in [2.24, 2.45) is 0 Å². The summed E-state index contributed by atoms with van der Waals surface area (Å²) in [6.45, 7) is 0. The molecular weight excluding hydrogens is 392 g/mol. The Morgan fingerprint density at radius 1 is 0.700 bits per heavy atom. The minimum Gasteiger partial charge on any atom is -0.329 e. The van der Waals surface area contributed by atoms with E-state index < -0.39 is 27.3 Å². The fourth-order valence-corrected chi connectivity index (χ4v) is 3.48. The maximum atomic E-state index is 12.7. The lowest BCUT2D eigenvalue weighted by atomic mass is 9.88. The van der Waals surface area contributed by atoms with Crippen LogP contribution in [0.15, 0.2) is 48.5 Å². The first-order valence-electron chi connectivity index (χ1n) is 9.44. The molecule has 0 aliphatic heterocycles. The van der Waals surface area contributed by atoms with Crippen molar-refractivity contribution in [1.82, 2.24) is 10.6 Å². The molecule has 0 radical (unpaired) electrons. The van der Waals surface area contributed by atoms with Crippen LogP contribution in [0.3, 0.4) is 0 Å². The molecule has 0 heterocycles. The molecule has 0 saturated heterocycles. The Kier molecular flexibility index (Phi) is 6.05. The first kappa shape index (κ1) is 20.9. The van der Waals surface area contributed by atoms with E-state index in [0.29, 0.717) is 12.8 Å². The number of nitro benzene ring substituents is 2. The third-order valence-electron chi connectivity index (χ3n) is 5.09. The van der Waals surface area contributed by atoms with E-state index in [4.69, 9.17) is 0 Å². The van der Waals surface area contributed by atoms with Gasteiger partial charge in [0.05, 0.1) is 9.85 Å². The fourth-order valence-electron chi connectivity index (χ4n) is 3.48. The van der Waals surface area contributed by atoms with Crippen LogP contribution in [0.1, 0.15) is 52.8 Å². The molecular formula is C20H20N4O6. The van der Waals surface area contributed by atoms with E-state index in [-0.39, 0.29) is 22.5 Å². The van der Waals surface area contributed by atoms with E-state index in [2.05, 4.69) is 10.6 Å². The first-order valence-corrected chi connectivity index (χ1v) is 9.44. The van der Waals surface area contributed by atoms with Gasteiger partial charge >= 0.3 is 0 Å². The lowest BCUT2D eigenvalue weighted by molar-refractivity contribution is -0.385. The number of rotatable bonds is 6. The van der Waals surface area contributed by atoms with Gasteiger partial charge in [0.2, 0.25) is 0 Å². The number of nitrogens with zero attached hydrogens (tertiary/aromatic N) is 2. The number of hydrogen-bond acceptors (Lipinski definition) is 6. The van der Waals surface area contributed by atoms with E-state index in [1.165, 1.54) is 48.5 Å². The minimum absolute atomic E-state index is 0.120. The molecule has 2 amide bonds. The summed E-state index contributed by atoms with van der Waals surface area (Å²) in [6.07, 6.45) is 3.65. The molecule has 2 N–H and O–H groups in total. The third-order valence-corrected chi connectivity index (χ3v) is 5.09. The Bertz CT molecular complexity index is 892. The quantitative estimate of drug-likeness (QED) is 0.423. The van der Waals surface area contributed by atoms with Crippen molar-refractivity contribution < 1.29 is 19.4 Å². The van der Waals surface area contributed by atoms with Crippen molar-refractivity contribution in [2.45, 2.75) is 37.8 Å². The monoisotopic (exact) mass is 412 g/mol. The summed E-state index contributed by atoms with van der Waals surface area (Å²) >= 11 is 0. The zero-order chi connectivity index (χ0) is 21.7. The van der Waals surface area contributed by atoms with Crippen molar-refractivity contribution in [3.63, 3.8) is 0 Å². The maximum absolute atomic E-state index is 12.7. The summed E-state index contributed by atoms with van der Waals surface area (Å²) in [6, 6.07) is 10.4. The summed E-state index contributed by atoms with van der Waals surface area (Å²) in [7, 11) is 0. The number of nitrogens with one attached hydrogen (secondary N) is 2. The highest BCUT2D eigenvalue weighted by Gasteiger charge is 2.35. The number of nitro groups is 2. The van der Waals surface area contributed by atoms with E-state index >= 15 is 0 Å². The number of hydrogen-bond donors (Lipinski definition) is 2. The normalized spacial score (nSPS) is 15.1. The number of benzene rings is 2. The second kappa shape index (κ2) is 8.68. The van der Waals surface area contributed by atoms with Crippen molar-refractivity contribution >= 4 is 23.2 Å². The summed E-state index contributed by atoms with van der Waals surface area (Å²) in [5, 5.41) is 27.3. The Balaban J connectivity index is 1.76. The second-order valence-corrected chi connectivity index (χ2v) is 7.16. The van der Waals surface area contributed by atoms with Gasteiger partial charge in [-0.05, 0) is 49.9 Å². The molecule has 30 heavy (non-hydrogen) atoms. The molecule has 0 unspecified atom stereocenters. The Labute approximate surface area is 171 Å². The standard InChI is InChI=1S/C20H20N4O6/c25-18(14-4-8-16(9-5-14)23(27)28)21-20(12-2-1-3-13-20)22-19(26)15-6-10-17(11-7-15)24(29)30/h4-11H,1-3,12-13H2,(H,21,25)(H,22,26). The lowest BCUT2D eigenvalue weighted by Crippen LogP contribution is -2.61. The lowest BCUT2D eigenvalue weighted by Gasteiger charge is -2.39. The van der Waals surface area contributed by atoms with Crippen LogP contribution in [-0.4, -0.2) is 27.3 Å². The van der Waals surface area contributed by atoms with E-state index in [1.807, 2.05) is 0 Å². The van der Waals surface area contributed by atoms with Gasteiger partial charge in [-0.15, -0.1) is 0 Å². The first-order chi connectivity index (χ1) is 14.3. The number of amides is 2. The molecule has 3 rings (SSSR count). The van der Waals surface area contributed by atoms with Crippen molar-refractivity contribution in [1.29, 1.82) is 0 Å². The van der Waals surface area contributed by atoms with Crippen LogP contribution in [-0.2, 0) is 0 Å². The van der Waals surface area contributed by atoms with Gasteiger partial charge < -0.3 is 10.6 Å². The van der Waals surface area contributed by atoms with Crippen LogP contribution in [0, 0.1) is 20.2 Å². The molecule has 1 aliphatic carbocycles. The topological polar surface area (TPSA) is 144 Å². The average Bonchev–Trinajstić information content (AvgIpc) is 2.74. The van der Waals surface area contributed by atoms with Crippen LogP contribution in [0.4, 0.5) is 11.4 Å². The van der Waals surface area contributed by atoms with Gasteiger partial charge in [-0.25, -0.2) is 0 Å². The number of carbonyl (C=O) groups is 2. The molecule has 0 bridgehead atoms. The Morgan fingerprint density at radius 3 is 1.40 bits per heavy atom. The van der Waals surface area contributed by atoms with Gasteiger partial charge in [0.1, 0.15) is 5.66 Å². The van der Waals surface area contributed by atoms with Gasteiger partial charge in [-0.1, -0.05) is 6.42 Å². The summed E-state index contributed by atoms with van der Waals surface area (Å²) in [5.74, 6) is -0.897. The Hall–Kier alpha value is -3.82. The highest BCUT2D eigenvalue weighted by atomic mass is 16.6. The van der Waals surface area contributed by atoms with Gasteiger partial charge in [0, 0.05) is 35.4 Å². The van der Waals surface area contributed by atoms with E-state index in [1.54, 1.807) is 0 Å². The predicted molar refractivity (Wildman–Crippen MR) is 107 cm³/mol. The smallest absolute Gasteiger partial charge is 0.269 e. The molecule has 10 nitrogen and oxygen atoms in total. The fraction of sp³-hybridized carbons (Fsp3) is 0.300. The molecule has 2 aromatic rings. The maximum Gasteiger partial charge on any atom is 0.269 e. The van der Waals surface area contributed by atoms with Gasteiger partial charge in [0.15, 0.2) is 0 Å². The average molecular weight is 412 g/mol. The van der Waals surface area contributed by atoms with Crippen LogP contribution in [0.25, 0.3) is 0 Å². The van der Waals surface area contributed by atoms with Gasteiger partial charge in [-0.2, -0.15) is 0 Å². The van der Waals surface area contributed by atoms with Crippen LogP contribution < -0.4 is 10.6 Å². The third kappa shape index (κ3) is 4.77. The van der Waals surface area contributed by atoms with Gasteiger partial charge in [0.25, 0.3) is 23.2 Å². The summed E-state index contributed by atoms with van der Waals surface area (Å²) in [5.41, 5.74) is -0.711. The molecule has 0 aromatic heterocycles. The van der Waals surface area contributed by atoms with Gasteiger partial charge in [-0.3, -0.25) is 29.8 Å². The zero-order valence-corrected chi connectivity index (χ0v) is 16.0. The van der Waals surface area contributed by atoms with Crippen molar-refractivity contribution in [3.8, 4) is 0 Å².